The maximum Gasteiger partial charge on any atom is 0.351 e. The average molecular weight is 524 g/mol. The second-order valence-electron chi connectivity index (χ2n) is 8.71. The maximum absolute atomic E-state index is 12.9. The standard InChI is InChI=1S/C25H37N3O9/c1-5-9-18(29)26-17-13-14-28(25(33)27-17)24-23(37-21(32)12-8-4)22(36-20(31)11-7-3)16(35-24)15-34-19(30)10-6-2/h13-14,16,22-24H,5-12,15H2,1-4H3,(H,26,27,29,33)/t16-,22+,23+,24+/m0/s1. The molecule has 0 saturated carbocycles. The van der Waals surface area contributed by atoms with Crippen LogP contribution in [0.4, 0.5) is 5.82 Å². The largest absolute Gasteiger partial charge is 0.463 e. The van der Waals surface area contributed by atoms with Crippen LogP contribution in [0.15, 0.2) is 17.1 Å². The summed E-state index contributed by atoms with van der Waals surface area (Å²) in [4.78, 5) is 65.5. The predicted molar refractivity (Wildman–Crippen MR) is 131 cm³/mol. The van der Waals surface area contributed by atoms with Crippen LogP contribution in [0.1, 0.15) is 85.3 Å². The number of carbonyl (C=O) groups excluding carboxylic acids is 4. The lowest BCUT2D eigenvalue weighted by molar-refractivity contribution is -0.169. The normalized spacial score (nSPS) is 20.8. The van der Waals surface area contributed by atoms with E-state index in [2.05, 4.69) is 10.3 Å². The average Bonchev–Trinajstić information content (AvgIpc) is 3.15. The minimum Gasteiger partial charge on any atom is -0.463 e. The van der Waals surface area contributed by atoms with Crippen LogP contribution in [0.3, 0.4) is 0 Å². The molecule has 37 heavy (non-hydrogen) atoms. The van der Waals surface area contributed by atoms with Crippen molar-refractivity contribution in [2.75, 3.05) is 11.9 Å². The Labute approximate surface area is 216 Å². The topological polar surface area (TPSA) is 152 Å². The number of amides is 1. The number of nitrogens with zero attached hydrogens (tertiary/aromatic N) is 2. The molecule has 1 fully saturated rings. The van der Waals surface area contributed by atoms with Crippen molar-refractivity contribution in [2.45, 2.75) is 104 Å². The lowest BCUT2D eigenvalue weighted by Crippen LogP contribution is -2.42. The zero-order valence-corrected chi connectivity index (χ0v) is 21.9. The molecule has 1 aliphatic rings. The molecule has 1 amide bonds. The smallest absolute Gasteiger partial charge is 0.351 e. The van der Waals surface area contributed by atoms with Crippen molar-refractivity contribution in [3.63, 3.8) is 0 Å². The van der Waals surface area contributed by atoms with Gasteiger partial charge in [-0.15, -0.1) is 0 Å². The van der Waals surface area contributed by atoms with E-state index in [0.717, 1.165) is 4.57 Å². The Kier molecular flexibility index (Phi) is 12.2. The summed E-state index contributed by atoms with van der Waals surface area (Å²) in [7, 11) is 0. The van der Waals surface area contributed by atoms with Gasteiger partial charge in [-0.2, -0.15) is 4.98 Å². The Bertz CT molecular complexity index is 994. The third-order valence-electron chi connectivity index (χ3n) is 5.44. The van der Waals surface area contributed by atoms with E-state index in [-0.39, 0.29) is 44.0 Å². The molecule has 0 aromatic carbocycles. The Balaban J connectivity index is 2.40. The summed E-state index contributed by atoms with van der Waals surface area (Å²) < 4.78 is 23.6. The first-order valence-corrected chi connectivity index (χ1v) is 12.8. The summed E-state index contributed by atoms with van der Waals surface area (Å²) >= 11 is 0. The van der Waals surface area contributed by atoms with Crippen LogP contribution in [0.2, 0.25) is 0 Å². The highest BCUT2D eigenvalue weighted by Crippen LogP contribution is 2.34. The molecule has 1 aromatic heterocycles. The molecule has 0 unspecified atom stereocenters. The summed E-state index contributed by atoms with van der Waals surface area (Å²) in [6.45, 7) is 7.02. The predicted octanol–water partition coefficient (Wildman–Crippen LogP) is 2.65. The Morgan fingerprint density at radius 2 is 1.46 bits per heavy atom. The van der Waals surface area contributed by atoms with Crippen LogP contribution in [0, 0.1) is 0 Å². The van der Waals surface area contributed by atoms with Crippen molar-refractivity contribution in [2.24, 2.45) is 0 Å². The zero-order chi connectivity index (χ0) is 27.4. The van der Waals surface area contributed by atoms with Gasteiger partial charge in [-0.1, -0.05) is 27.7 Å². The molecule has 0 aliphatic carbocycles. The Hall–Kier alpha value is -3.28. The van der Waals surface area contributed by atoms with Crippen molar-refractivity contribution in [1.29, 1.82) is 0 Å². The Morgan fingerprint density at radius 3 is 2.03 bits per heavy atom. The molecule has 2 rings (SSSR count). The van der Waals surface area contributed by atoms with Gasteiger partial charge in [-0.25, -0.2) is 4.79 Å². The van der Waals surface area contributed by atoms with Gasteiger partial charge in [0.1, 0.15) is 18.5 Å². The monoisotopic (exact) mass is 523 g/mol. The van der Waals surface area contributed by atoms with Gasteiger partial charge in [0.15, 0.2) is 18.4 Å². The number of aromatic nitrogens is 2. The fourth-order valence-electron chi connectivity index (χ4n) is 3.72. The number of ether oxygens (including phenoxy) is 4. The van der Waals surface area contributed by atoms with E-state index in [1.165, 1.54) is 12.3 Å². The van der Waals surface area contributed by atoms with Crippen LogP contribution >= 0.6 is 0 Å². The molecule has 12 heteroatoms. The van der Waals surface area contributed by atoms with E-state index in [1.54, 1.807) is 6.92 Å². The highest BCUT2D eigenvalue weighted by molar-refractivity contribution is 5.89. The molecule has 2 heterocycles. The van der Waals surface area contributed by atoms with Crippen LogP contribution in [0.25, 0.3) is 0 Å². The van der Waals surface area contributed by atoms with E-state index in [0.29, 0.717) is 25.7 Å². The molecule has 12 nitrogen and oxygen atoms in total. The van der Waals surface area contributed by atoms with Gasteiger partial charge in [-0.3, -0.25) is 23.7 Å². The minimum atomic E-state index is -1.21. The Morgan fingerprint density at radius 1 is 0.892 bits per heavy atom. The second-order valence-corrected chi connectivity index (χ2v) is 8.71. The quantitative estimate of drug-likeness (QED) is 0.284. The first-order chi connectivity index (χ1) is 17.7. The molecule has 0 bridgehead atoms. The molecule has 1 saturated heterocycles. The third-order valence-corrected chi connectivity index (χ3v) is 5.44. The highest BCUT2D eigenvalue weighted by atomic mass is 16.7. The SMILES string of the molecule is CCCC(=O)Nc1ccn([C@@H]2O[C@@H](COC(=O)CCC)[C@@H](OC(=O)CCC)[C@H]2OC(=O)CCC)c(=O)n1. The summed E-state index contributed by atoms with van der Waals surface area (Å²) in [5, 5.41) is 2.55. The van der Waals surface area contributed by atoms with E-state index in [9.17, 15) is 24.0 Å². The van der Waals surface area contributed by atoms with Crippen molar-refractivity contribution >= 4 is 29.6 Å². The summed E-state index contributed by atoms with van der Waals surface area (Å²) in [5.74, 6) is -1.79. The van der Waals surface area contributed by atoms with E-state index >= 15 is 0 Å². The number of hydrogen-bond acceptors (Lipinski definition) is 10. The summed E-state index contributed by atoms with van der Waals surface area (Å²) in [5.41, 5.74) is -0.780. The minimum absolute atomic E-state index is 0.0631. The van der Waals surface area contributed by atoms with Crippen molar-refractivity contribution < 1.29 is 38.1 Å². The lowest BCUT2D eigenvalue weighted by atomic mass is 10.1. The van der Waals surface area contributed by atoms with E-state index < -0.39 is 48.1 Å². The molecule has 1 N–H and O–H groups in total. The molecule has 206 valence electrons. The second kappa shape index (κ2) is 15.1. The molecule has 4 atom stereocenters. The molecule has 1 aromatic rings. The number of esters is 3. The van der Waals surface area contributed by atoms with Gasteiger partial charge in [-0.05, 0) is 31.7 Å². The van der Waals surface area contributed by atoms with E-state index in [4.69, 9.17) is 18.9 Å². The highest BCUT2D eigenvalue weighted by Gasteiger charge is 2.51. The summed E-state index contributed by atoms with van der Waals surface area (Å²) in [6.07, 6.45) is -0.246. The van der Waals surface area contributed by atoms with Gasteiger partial charge in [0, 0.05) is 31.9 Å². The molecule has 1 aliphatic heterocycles. The molecular formula is C25H37N3O9. The first-order valence-electron chi connectivity index (χ1n) is 12.8. The van der Waals surface area contributed by atoms with Crippen molar-refractivity contribution in [3.8, 4) is 0 Å². The van der Waals surface area contributed by atoms with Crippen LogP contribution in [-0.4, -0.2) is 58.3 Å². The van der Waals surface area contributed by atoms with Crippen LogP contribution in [-0.2, 0) is 38.1 Å². The van der Waals surface area contributed by atoms with Gasteiger partial charge in [0.2, 0.25) is 5.91 Å². The number of hydrogen-bond donors (Lipinski definition) is 1. The van der Waals surface area contributed by atoms with Gasteiger partial charge in [0.05, 0.1) is 0 Å². The third kappa shape index (κ3) is 8.96. The molecular weight excluding hydrogens is 486 g/mol. The first kappa shape index (κ1) is 29.9. The maximum atomic E-state index is 12.9. The molecule has 0 radical (unpaired) electrons. The van der Waals surface area contributed by atoms with Crippen LogP contribution in [0.5, 0.6) is 0 Å². The lowest BCUT2D eigenvalue weighted by Gasteiger charge is -2.25. The fraction of sp³-hybridized carbons (Fsp3) is 0.680. The fourth-order valence-corrected chi connectivity index (χ4v) is 3.72. The van der Waals surface area contributed by atoms with Gasteiger partial charge >= 0.3 is 23.6 Å². The van der Waals surface area contributed by atoms with E-state index in [1.807, 2.05) is 20.8 Å². The summed E-state index contributed by atoms with van der Waals surface area (Å²) in [6, 6.07) is 1.41. The van der Waals surface area contributed by atoms with Gasteiger partial charge in [0.25, 0.3) is 0 Å². The van der Waals surface area contributed by atoms with Gasteiger partial charge < -0.3 is 24.3 Å². The number of nitrogens with one attached hydrogen (secondary N) is 1. The number of anilines is 1. The molecule has 0 spiro atoms. The van der Waals surface area contributed by atoms with Crippen LogP contribution < -0.4 is 11.0 Å². The number of rotatable bonds is 14. The number of carbonyl (C=O) groups is 4. The van der Waals surface area contributed by atoms with Crippen molar-refractivity contribution in [3.05, 3.63) is 22.7 Å². The van der Waals surface area contributed by atoms with Crippen molar-refractivity contribution in [1.82, 2.24) is 9.55 Å². The zero-order valence-electron chi connectivity index (χ0n) is 21.9.